The lowest BCUT2D eigenvalue weighted by molar-refractivity contribution is 0.474. The molecular formula is C8H7FO3S. The molecule has 0 fully saturated rings. The van der Waals surface area contributed by atoms with Gasteiger partial charge in [0, 0.05) is 0 Å². The van der Waals surface area contributed by atoms with E-state index in [2.05, 4.69) is 0 Å². The average Bonchev–Trinajstić information content (AvgIpc) is 2.04. The molecule has 3 nitrogen and oxygen atoms in total. The second-order valence-electron chi connectivity index (χ2n) is 2.33. The third-order valence-electron chi connectivity index (χ3n) is 1.33. The SMILES string of the molecule is O=S(=O)(O)C(F)=Cc1ccccc1. The minimum Gasteiger partial charge on any atom is -0.280 e. The first kappa shape index (κ1) is 9.88. The van der Waals surface area contributed by atoms with Crippen molar-refractivity contribution < 1.29 is 17.4 Å². The smallest absolute Gasteiger partial charge is 0.280 e. The molecule has 70 valence electrons. The van der Waals surface area contributed by atoms with Gasteiger partial charge in [-0.25, -0.2) is 0 Å². The van der Waals surface area contributed by atoms with Crippen LogP contribution >= 0.6 is 0 Å². The van der Waals surface area contributed by atoms with E-state index in [1.54, 1.807) is 18.2 Å². The van der Waals surface area contributed by atoms with Gasteiger partial charge in [-0.3, -0.25) is 4.55 Å². The molecule has 0 aromatic heterocycles. The van der Waals surface area contributed by atoms with Crippen LogP contribution in [0.3, 0.4) is 0 Å². The summed E-state index contributed by atoms with van der Waals surface area (Å²) in [6, 6.07) is 8.00. The van der Waals surface area contributed by atoms with Crippen molar-refractivity contribution in [1.29, 1.82) is 0 Å². The number of halogens is 1. The van der Waals surface area contributed by atoms with Gasteiger partial charge in [0.25, 0.3) is 0 Å². The van der Waals surface area contributed by atoms with Crippen molar-refractivity contribution in [1.82, 2.24) is 0 Å². The zero-order valence-corrected chi connectivity index (χ0v) is 7.33. The summed E-state index contributed by atoms with van der Waals surface area (Å²) in [6.07, 6.45) is 0.745. The Morgan fingerprint density at radius 2 is 1.85 bits per heavy atom. The van der Waals surface area contributed by atoms with Crippen LogP contribution in [0.25, 0.3) is 6.08 Å². The molecular weight excluding hydrogens is 195 g/mol. The summed E-state index contributed by atoms with van der Waals surface area (Å²) in [7, 11) is -4.71. The molecule has 1 N–H and O–H groups in total. The summed E-state index contributed by atoms with van der Waals surface area (Å²) < 4.78 is 41.4. The van der Waals surface area contributed by atoms with E-state index in [9.17, 15) is 12.8 Å². The van der Waals surface area contributed by atoms with Crippen LogP contribution in [0.15, 0.2) is 35.5 Å². The first-order chi connectivity index (χ1) is 6.00. The van der Waals surface area contributed by atoms with Gasteiger partial charge < -0.3 is 0 Å². The standard InChI is InChI=1S/C8H7FO3S/c9-8(13(10,11)12)6-7-4-2-1-3-5-7/h1-6H,(H,10,11,12). The van der Waals surface area contributed by atoms with Crippen molar-refractivity contribution in [3.8, 4) is 0 Å². The maximum Gasteiger partial charge on any atom is 0.321 e. The highest BCUT2D eigenvalue weighted by atomic mass is 32.2. The largest absolute Gasteiger partial charge is 0.321 e. The fourth-order valence-electron chi connectivity index (χ4n) is 0.755. The van der Waals surface area contributed by atoms with Crippen LogP contribution in [-0.2, 0) is 10.1 Å². The summed E-state index contributed by atoms with van der Waals surface area (Å²) in [5.74, 6) is 0. The third-order valence-corrected chi connectivity index (χ3v) is 1.94. The van der Waals surface area contributed by atoms with Crippen molar-refractivity contribution in [2.24, 2.45) is 0 Å². The normalized spacial score (nSPS) is 12.9. The lowest BCUT2D eigenvalue weighted by atomic mass is 10.2. The Labute approximate surface area is 75.3 Å². The molecule has 1 rings (SSSR count). The van der Waals surface area contributed by atoms with E-state index in [4.69, 9.17) is 4.55 Å². The second kappa shape index (κ2) is 3.68. The van der Waals surface area contributed by atoms with E-state index < -0.39 is 15.3 Å². The molecule has 0 saturated heterocycles. The predicted molar refractivity (Wildman–Crippen MR) is 47.1 cm³/mol. The molecule has 13 heavy (non-hydrogen) atoms. The van der Waals surface area contributed by atoms with Gasteiger partial charge in [0.05, 0.1) is 0 Å². The van der Waals surface area contributed by atoms with Crippen LogP contribution in [0.1, 0.15) is 5.56 Å². The van der Waals surface area contributed by atoms with Gasteiger partial charge in [-0.2, -0.15) is 12.8 Å². The minimum absolute atomic E-state index is 0.373. The van der Waals surface area contributed by atoms with Gasteiger partial charge in [0.2, 0.25) is 5.16 Å². The Balaban J connectivity index is 3.04. The Bertz CT molecular complexity index is 408. The number of benzene rings is 1. The van der Waals surface area contributed by atoms with Gasteiger partial charge in [-0.05, 0) is 11.6 Å². The van der Waals surface area contributed by atoms with E-state index in [0.717, 1.165) is 6.08 Å². The molecule has 0 amide bonds. The highest BCUT2D eigenvalue weighted by Crippen LogP contribution is 2.11. The fourth-order valence-corrected chi connectivity index (χ4v) is 1.04. The molecule has 5 heteroatoms. The van der Waals surface area contributed by atoms with Crippen LogP contribution in [0, 0.1) is 0 Å². The molecule has 0 unspecified atom stereocenters. The summed E-state index contributed by atoms with van der Waals surface area (Å²) in [6.45, 7) is 0. The van der Waals surface area contributed by atoms with Gasteiger partial charge in [-0.15, -0.1) is 0 Å². The van der Waals surface area contributed by atoms with E-state index in [0.29, 0.717) is 5.56 Å². The molecule has 0 bridgehead atoms. The predicted octanol–water partition coefficient (Wildman–Crippen LogP) is 1.84. The van der Waals surface area contributed by atoms with Crippen molar-refractivity contribution in [2.75, 3.05) is 0 Å². The van der Waals surface area contributed by atoms with E-state index in [1.165, 1.54) is 12.1 Å². The monoisotopic (exact) mass is 202 g/mol. The Morgan fingerprint density at radius 1 is 1.31 bits per heavy atom. The average molecular weight is 202 g/mol. The van der Waals surface area contributed by atoms with Crippen LogP contribution in [0.4, 0.5) is 4.39 Å². The topological polar surface area (TPSA) is 54.4 Å². The summed E-state index contributed by atoms with van der Waals surface area (Å²) in [5, 5.41) is -1.56. The van der Waals surface area contributed by atoms with Crippen molar-refractivity contribution in [3.63, 3.8) is 0 Å². The molecule has 0 heterocycles. The molecule has 0 aliphatic carbocycles. The lowest BCUT2D eigenvalue weighted by Gasteiger charge is -1.92. The maximum absolute atomic E-state index is 12.6. The maximum atomic E-state index is 12.6. The zero-order chi connectivity index (χ0) is 9.90. The zero-order valence-electron chi connectivity index (χ0n) is 6.51. The number of hydrogen-bond donors (Lipinski definition) is 1. The van der Waals surface area contributed by atoms with E-state index in [1.807, 2.05) is 0 Å². The molecule has 0 spiro atoms. The summed E-state index contributed by atoms with van der Waals surface area (Å²) in [4.78, 5) is 0. The van der Waals surface area contributed by atoms with Crippen molar-refractivity contribution in [2.45, 2.75) is 0 Å². The number of rotatable bonds is 2. The van der Waals surface area contributed by atoms with Gasteiger partial charge in [0.1, 0.15) is 0 Å². The molecule has 0 atom stereocenters. The van der Waals surface area contributed by atoms with Crippen LogP contribution in [0.2, 0.25) is 0 Å². The fraction of sp³-hybridized carbons (Fsp3) is 0. The summed E-state index contributed by atoms with van der Waals surface area (Å²) >= 11 is 0. The number of hydrogen-bond acceptors (Lipinski definition) is 2. The van der Waals surface area contributed by atoms with Crippen LogP contribution in [0.5, 0.6) is 0 Å². The Morgan fingerprint density at radius 3 is 2.31 bits per heavy atom. The molecule has 0 radical (unpaired) electrons. The van der Waals surface area contributed by atoms with Crippen LogP contribution < -0.4 is 0 Å². The molecule has 0 saturated carbocycles. The second-order valence-corrected chi connectivity index (χ2v) is 3.67. The Hall–Kier alpha value is -1.20. The minimum atomic E-state index is -4.71. The first-order valence-corrected chi connectivity index (χ1v) is 4.84. The van der Waals surface area contributed by atoms with Gasteiger partial charge >= 0.3 is 10.1 Å². The van der Waals surface area contributed by atoms with Crippen molar-refractivity contribution >= 4 is 16.2 Å². The van der Waals surface area contributed by atoms with Gasteiger partial charge in [-0.1, -0.05) is 30.3 Å². The third kappa shape index (κ3) is 2.96. The lowest BCUT2D eigenvalue weighted by Crippen LogP contribution is -1.96. The molecule has 1 aromatic rings. The molecule has 1 aromatic carbocycles. The van der Waals surface area contributed by atoms with E-state index >= 15 is 0 Å². The van der Waals surface area contributed by atoms with Crippen molar-refractivity contribution in [3.05, 3.63) is 41.1 Å². The summed E-state index contributed by atoms with van der Waals surface area (Å²) in [5.41, 5.74) is 0.373. The Kier molecular flexibility index (Phi) is 2.79. The molecule has 0 aliphatic rings. The first-order valence-electron chi connectivity index (χ1n) is 3.40. The van der Waals surface area contributed by atoms with Gasteiger partial charge in [0.15, 0.2) is 0 Å². The quantitative estimate of drug-likeness (QED) is 0.744. The molecule has 0 aliphatic heterocycles. The highest BCUT2D eigenvalue weighted by molar-refractivity contribution is 7.89. The van der Waals surface area contributed by atoms with Crippen LogP contribution in [-0.4, -0.2) is 13.0 Å². The van der Waals surface area contributed by atoms with E-state index in [-0.39, 0.29) is 0 Å². The highest BCUT2D eigenvalue weighted by Gasteiger charge is 2.11.